The van der Waals surface area contributed by atoms with Crippen molar-refractivity contribution in [2.45, 2.75) is 65.3 Å². The van der Waals surface area contributed by atoms with Crippen molar-refractivity contribution < 1.29 is 5.11 Å². The monoisotopic (exact) mass is 215 g/mol. The van der Waals surface area contributed by atoms with Crippen LogP contribution in [0.5, 0.6) is 0 Å². The molecule has 0 aromatic heterocycles. The highest BCUT2D eigenvalue weighted by atomic mass is 16.2. The molecule has 0 spiro atoms. The van der Waals surface area contributed by atoms with Gasteiger partial charge in [-0.2, -0.15) is 0 Å². The summed E-state index contributed by atoms with van der Waals surface area (Å²) in [6, 6.07) is 0.853. The molecule has 15 heavy (non-hydrogen) atoms. The fourth-order valence-electron chi connectivity index (χ4n) is 1.59. The molecule has 1 rings (SSSR count). The number of aliphatic hydroxyl groups excluding tert-OH is 1. The first kappa shape index (κ1) is 14.9. The third-order valence-electron chi connectivity index (χ3n) is 3.07. The molecule has 0 saturated heterocycles. The van der Waals surface area contributed by atoms with Gasteiger partial charge in [0.2, 0.25) is 0 Å². The lowest BCUT2D eigenvalue weighted by Crippen LogP contribution is -2.42. The molecule has 1 aliphatic carbocycles. The van der Waals surface area contributed by atoms with Gasteiger partial charge in [-0.05, 0) is 38.1 Å². The van der Waals surface area contributed by atoms with E-state index in [-0.39, 0.29) is 0 Å². The van der Waals surface area contributed by atoms with Crippen molar-refractivity contribution >= 4 is 0 Å². The quantitative estimate of drug-likeness (QED) is 0.668. The Morgan fingerprint density at radius 1 is 1.13 bits per heavy atom. The Morgan fingerprint density at radius 3 is 2.07 bits per heavy atom. The molecule has 1 fully saturated rings. The normalized spacial score (nSPS) is 24.0. The maximum Gasteiger partial charge on any atom is 0.0430 e. The molecule has 0 bridgehead atoms. The molecule has 2 unspecified atom stereocenters. The summed E-state index contributed by atoms with van der Waals surface area (Å²) in [7, 11) is 0. The lowest BCUT2D eigenvalue weighted by Gasteiger charge is -2.34. The highest BCUT2D eigenvalue weighted by Crippen LogP contribution is 2.26. The van der Waals surface area contributed by atoms with Gasteiger partial charge < -0.3 is 10.4 Å². The van der Waals surface area contributed by atoms with Gasteiger partial charge in [-0.3, -0.25) is 0 Å². The maximum absolute atomic E-state index is 8.07. The van der Waals surface area contributed by atoms with E-state index >= 15 is 0 Å². The highest BCUT2D eigenvalue weighted by molar-refractivity contribution is 4.83. The van der Waals surface area contributed by atoms with Crippen molar-refractivity contribution in [2.75, 3.05) is 13.2 Å². The molecule has 0 heterocycles. The number of unbranched alkanes of at least 4 members (excludes halogenated alkanes) is 2. The second-order valence-electron chi connectivity index (χ2n) is 4.55. The molecule has 2 heteroatoms. The second kappa shape index (κ2) is 10.4. The molecule has 92 valence electrons. The standard InChI is InChI=1S/C9H19N.C4H10O/c1-3-4-7-10-9-6-5-8(9)2;1-2-3-4-5/h8-10H,3-7H2,1-2H3;5H,2-4H2,1H3. The van der Waals surface area contributed by atoms with E-state index in [4.69, 9.17) is 5.11 Å². The summed E-state index contributed by atoms with van der Waals surface area (Å²) in [5.41, 5.74) is 0. The van der Waals surface area contributed by atoms with Crippen molar-refractivity contribution in [2.24, 2.45) is 5.92 Å². The van der Waals surface area contributed by atoms with Gasteiger partial charge in [0.1, 0.15) is 0 Å². The number of hydrogen-bond acceptors (Lipinski definition) is 2. The third-order valence-corrected chi connectivity index (χ3v) is 3.07. The molecule has 2 atom stereocenters. The van der Waals surface area contributed by atoms with Crippen LogP contribution >= 0.6 is 0 Å². The van der Waals surface area contributed by atoms with E-state index in [0.29, 0.717) is 6.61 Å². The van der Waals surface area contributed by atoms with E-state index in [1.54, 1.807) is 0 Å². The highest BCUT2D eigenvalue weighted by Gasteiger charge is 2.25. The molecule has 0 aromatic rings. The van der Waals surface area contributed by atoms with Crippen LogP contribution in [0.3, 0.4) is 0 Å². The zero-order valence-corrected chi connectivity index (χ0v) is 10.8. The Balaban J connectivity index is 0.000000336. The Morgan fingerprint density at radius 2 is 1.80 bits per heavy atom. The minimum atomic E-state index is 0.344. The zero-order valence-electron chi connectivity index (χ0n) is 10.8. The molecule has 2 nitrogen and oxygen atoms in total. The van der Waals surface area contributed by atoms with Crippen molar-refractivity contribution in [3.63, 3.8) is 0 Å². The number of hydrogen-bond donors (Lipinski definition) is 2. The Hall–Kier alpha value is -0.0800. The van der Waals surface area contributed by atoms with Crippen LogP contribution in [0.25, 0.3) is 0 Å². The Bertz CT molecular complexity index is 126. The molecule has 0 aromatic carbocycles. The largest absolute Gasteiger partial charge is 0.396 e. The number of rotatable bonds is 6. The summed E-state index contributed by atoms with van der Waals surface area (Å²) < 4.78 is 0. The molecule has 0 amide bonds. The molecule has 0 aliphatic heterocycles. The molecular weight excluding hydrogens is 186 g/mol. The first-order valence-electron chi connectivity index (χ1n) is 6.60. The summed E-state index contributed by atoms with van der Waals surface area (Å²) in [4.78, 5) is 0. The van der Waals surface area contributed by atoms with Crippen LogP contribution in [0.4, 0.5) is 0 Å². The van der Waals surface area contributed by atoms with Gasteiger partial charge in [-0.1, -0.05) is 33.6 Å². The minimum absolute atomic E-state index is 0.344. The minimum Gasteiger partial charge on any atom is -0.396 e. The summed E-state index contributed by atoms with van der Waals surface area (Å²) in [6.45, 7) is 8.21. The van der Waals surface area contributed by atoms with Crippen molar-refractivity contribution in [3.8, 4) is 0 Å². The second-order valence-corrected chi connectivity index (χ2v) is 4.55. The van der Waals surface area contributed by atoms with E-state index in [0.717, 1.165) is 24.8 Å². The summed E-state index contributed by atoms with van der Waals surface area (Å²) >= 11 is 0. The third kappa shape index (κ3) is 7.80. The number of nitrogens with one attached hydrogen (secondary N) is 1. The molecule has 2 N–H and O–H groups in total. The molecule has 1 saturated carbocycles. The van der Waals surface area contributed by atoms with Gasteiger partial charge in [-0.15, -0.1) is 0 Å². The van der Waals surface area contributed by atoms with Crippen LogP contribution in [-0.2, 0) is 0 Å². The van der Waals surface area contributed by atoms with Crippen LogP contribution in [0.2, 0.25) is 0 Å². The lowest BCUT2D eigenvalue weighted by atomic mass is 9.81. The van der Waals surface area contributed by atoms with Crippen LogP contribution in [-0.4, -0.2) is 24.3 Å². The van der Waals surface area contributed by atoms with E-state index in [9.17, 15) is 0 Å². The van der Waals surface area contributed by atoms with Crippen LogP contribution in [0, 0.1) is 5.92 Å². The van der Waals surface area contributed by atoms with Crippen LogP contribution in [0.15, 0.2) is 0 Å². The molecule has 1 aliphatic rings. The first-order valence-corrected chi connectivity index (χ1v) is 6.60. The Labute approximate surface area is 95.5 Å². The van der Waals surface area contributed by atoms with Gasteiger partial charge in [0.05, 0.1) is 0 Å². The van der Waals surface area contributed by atoms with E-state index in [2.05, 4.69) is 26.1 Å². The smallest absolute Gasteiger partial charge is 0.0430 e. The van der Waals surface area contributed by atoms with E-state index in [1.807, 2.05) is 0 Å². The van der Waals surface area contributed by atoms with Crippen molar-refractivity contribution in [3.05, 3.63) is 0 Å². The Kier molecular flexibility index (Phi) is 10.4. The van der Waals surface area contributed by atoms with Crippen molar-refractivity contribution in [1.82, 2.24) is 5.32 Å². The molecular formula is C13H29NO. The molecule has 0 radical (unpaired) electrons. The van der Waals surface area contributed by atoms with Crippen LogP contribution < -0.4 is 5.32 Å². The lowest BCUT2D eigenvalue weighted by molar-refractivity contribution is 0.229. The maximum atomic E-state index is 8.07. The predicted molar refractivity (Wildman–Crippen MR) is 67.1 cm³/mol. The van der Waals surface area contributed by atoms with Crippen LogP contribution in [0.1, 0.15) is 59.3 Å². The first-order chi connectivity index (χ1) is 7.26. The van der Waals surface area contributed by atoms with E-state index < -0.39 is 0 Å². The topological polar surface area (TPSA) is 32.3 Å². The predicted octanol–water partition coefficient (Wildman–Crippen LogP) is 2.95. The van der Waals surface area contributed by atoms with Gasteiger partial charge in [-0.25, -0.2) is 0 Å². The van der Waals surface area contributed by atoms with Gasteiger partial charge in [0, 0.05) is 12.6 Å². The van der Waals surface area contributed by atoms with Crippen molar-refractivity contribution in [1.29, 1.82) is 0 Å². The van der Waals surface area contributed by atoms with Gasteiger partial charge in [0.25, 0.3) is 0 Å². The number of aliphatic hydroxyl groups is 1. The summed E-state index contributed by atoms with van der Waals surface area (Å²) in [6.07, 6.45) is 7.53. The summed E-state index contributed by atoms with van der Waals surface area (Å²) in [5, 5.41) is 11.6. The fourth-order valence-corrected chi connectivity index (χ4v) is 1.59. The fraction of sp³-hybridized carbons (Fsp3) is 1.00. The van der Waals surface area contributed by atoms with E-state index in [1.165, 1.54) is 32.2 Å². The van der Waals surface area contributed by atoms with Gasteiger partial charge >= 0.3 is 0 Å². The SMILES string of the molecule is CCCCNC1CCC1C.CCCCO. The zero-order chi connectivity index (χ0) is 11.5. The van der Waals surface area contributed by atoms with Gasteiger partial charge in [0.15, 0.2) is 0 Å². The average molecular weight is 215 g/mol. The average Bonchev–Trinajstić information content (AvgIpc) is 2.24. The summed E-state index contributed by atoms with van der Waals surface area (Å²) in [5.74, 6) is 0.942.